The van der Waals surface area contributed by atoms with Crippen LogP contribution in [0.5, 0.6) is 0 Å². The first-order chi connectivity index (χ1) is 8.81. The summed E-state index contributed by atoms with van der Waals surface area (Å²) in [6.45, 7) is 3.76. The lowest BCUT2D eigenvalue weighted by molar-refractivity contribution is -0.150. The SMILES string of the molecule is CNCc1ccc(CN(CC(F)(F)F)C(C)C)cc1. The second-order valence-electron chi connectivity index (χ2n) is 4.96. The molecule has 0 fully saturated rings. The molecule has 0 saturated carbocycles. The van der Waals surface area contributed by atoms with Gasteiger partial charge < -0.3 is 5.32 Å². The Kier molecular flexibility index (Phi) is 5.82. The molecule has 0 aliphatic carbocycles. The number of nitrogens with zero attached hydrogens (tertiary/aromatic N) is 1. The average molecular weight is 274 g/mol. The van der Waals surface area contributed by atoms with E-state index in [4.69, 9.17) is 0 Å². The molecular weight excluding hydrogens is 253 g/mol. The van der Waals surface area contributed by atoms with Gasteiger partial charge in [-0.1, -0.05) is 24.3 Å². The average Bonchev–Trinajstić information content (AvgIpc) is 2.29. The first-order valence-electron chi connectivity index (χ1n) is 6.35. The van der Waals surface area contributed by atoms with Gasteiger partial charge in [-0.05, 0) is 32.0 Å². The highest BCUT2D eigenvalue weighted by molar-refractivity contribution is 5.22. The van der Waals surface area contributed by atoms with E-state index in [2.05, 4.69) is 5.32 Å². The van der Waals surface area contributed by atoms with Crippen LogP contribution in [0, 0.1) is 0 Å². The molecule has 108 valence electrons. The highest BCUT2D eigenvalue weighted by Crippen LogP contribution is 2.20. The van der Waals surface area contributed by atoms with Crippen molar-refractivity contribution in [1.29, 1.82) is 0 Å². The van der Waals surface area contributed by atoms with Gasteiger partial charge in [-0.25, -0.2) is 0 Å². The first kappa shape index (κ1) is 16.0. The van der Waals surface area contributed by atoms with Gasteiger partial charge in [0.1, 0.15) is 0 Å². The lowest BCUT2D eigenvalue weighted by atomic mass is 10.1. The second kappa shape index (κ2) is 6.91. The Morgan fingerprint density at radius 1 is 1.11 bits per heavy atom. The van der Waals surface area contributed by atoms with Crippen LogP contribution >= 0.6 is 0 Å². The molecule has 19 heavy (non-hydrogen) atoms. The van der Waals surface area contributed by atoms with Gasteiger partial charge in [0.05, 0.1) is 6.54 Å². The Hall–Kier alpha value is -1.07. The quantitative estimate of drug-likeness (QED) is 0.857. The highest BCUT2D eigenvalue weighted by Gasteiger charge is 2.31. The maximum atomic E-state index is 12.5. The van der Waals surface area contributed by atoms with E-state index in [1.807, 2.05) is 31.3 Å². The number of benzene rings is 1. The number of rotatable bonds is 6. The highest BCUT2D eigenvalue weighted by atomic mass is 19.4. The fourth-order valence-electron chi connectivity index (χ4n) is 1.85. The van der Waals surface area contributed by atoms with Crippen molar-refractivity contribution in [3.8, 4) is 0 Å². The van der Waals surface area contributed by atoms with Gasteiger partial charge in [-0.2, -0.15) is 13.2 Å². The minimum atomic E-state index is -4.16. The third kappa shape index (κ3) is 6.07. The summed E-state index contributed by atoms with van der Waals surface area (Å²) in [6, 6.07) is 7.52. The van der Waals surface area contributed by atoms with Crippen LogP contribution in [-0.4, -0.2) is 30.7 Å². The Balaban J connectivity index is 2.68. The van der Waals surface area contributed by atoms with Gasteiger partial charge in [-0.15, -0.1) is 0 Å². The Morgan fingerprint density at radius 2 is 1.63 bits per heavy atom. The summed E-state index contributed by atoms with van der Waals surface area (Å²) in [6.07, 6.45) is -4.16. The third-order valence-corrected chi connectivity index (χ3v) is 2.90. The Morgan fingerprint density at radius 3 is 2.05 bits per heavy atom. The fourth-order valence-corrected chi connectivity index (χ4v) is 1.85. The molecule has 0 saturated heterocycles. The second-order valence-corrected chi connectivity index (χ2v) is 4.96. The van der Waals surface area contributed by atoms with E-state index < -0.39 is 12.7 Å². The van der Waals surface area contributed by atoms with Crippen molar-refractivity contribution in [3.05, 3.63) is 35.4 Å². The topological polar surface area (TPSA) is 15.3 Å². The molecule has 0 atom stereocenters. The van der Waals surface area contributed by atoms with Crippen molar-refractivity contribution >= 4 is 0 Å². The molecule has 0 radical (unpaired) electrons. The molecule has 0 aliphatic heterocycles. The van der Waals surface area contributed by atoms with Crippen LogP contribution in [0.3, 0.4) is 0 Å². The van der Waals surface area contributed by atoms with Crippen LogP contribution in [0.25, 0.3) is 0 Å². The molecule has 1 N–H and O–H groups in total. The van der Waals surface area contributed by atoms with Gasteiger partial charge in [0, 0.05) is 19.1 Å². The molecule has 1 aromatic carbocycles. The summed E-state index contributed by atoms with van der Waals surface area (Å²) < 4.78 is 37.5. The lowest BCUT2D eigenvalue weighted by Crippen LogP contribution is -2.38. The van der Waals surface area contributed by atoms with Gasteiger partial charge in [0.15, 0.2) is 0 Å². The molecule has 0 aliphatic rings. The van der Waals surface area contributed by atoms with Gasteiger partial charge in [-0.3, -0.25) is 4.90 Å². The van der Waals surface area contributed by atoms with Gasteiger partial charge >= 0.3 is 6.18 Å². The van der Waals surface area contributed by atoms with Crippen molar-refractivity contribution in [2.24, 2.45) is 0 Å². The van der Waals surface area contributed by atoms with E-state index >= 15 is 0 Å². The lowest BCUT2D eigenvalue weighted by Gasteiger charge is -2.27. The van der Waals surface area contributed by atoms with Crippen molar-refractivity contribution in [1.82, 2.24) is 10.2 Å². The van der Waals surface area contributed by atoms with Gasteiger partial charge in [0.25, 0.3) is 0 Å². The monoisotopic (exact) mass is 274 g/mol. The minimum Gasteiger partial charge on any atom is -0.316 e. The molecule has 2 nitrogen and oxygen atoms in total. The molecule has 0 heterocycles. The van der Waals surface area contributed by atoms with Crippen molar-refractivity contribution in [2.75, 3.05) is 13.6 Å². The van der Waals surface area contributed by atoms with Crippen molar-refractivity contribution in [3.63, 3.8) is 0 Å². The normalized spacial score (nSPS) is 12.4. The van der Waals surface area contributed by atoms with Crippen molar-refractivity contribution in [2.45, 2.75) is 39.2 Å². The molecule has 0 unspecified atom stereocenters. The summed E-state index contributed by atoms with van der Waals surface area (Å²) in [4.78, 5) is 1.42. The van der Waals surface area contributed by atoms with E-state index in [-0.39, 0.29) is 6.04 Å². The number of alkyl halides is 3. The van der Waals surface area contributed by atoms with E-state index in [1.165, 1.54) is 4.90 Å². The third-order valence-electron chi connectivity index (χ3n) is 2.90. The number of hydrogen-bond acceptors (Lipinski definition) is 2. The van der Waals surface area contributed by atoms with Crippen molar-refractivity contribution < 1.29 is 13.2 Å². The number of hydrogen-bond donors (Lipinski definition) is 1. The van der Waals surface area contributed by atoms with Crippen LogP contribution < -0.4 is 5.32 Å². The van der Waals surface area contributed by atoms with E-state index in [0.717, 1.165) is 17.7 Å². The summed E-state index contributed by atoms with van der Waals surface area (Å²) in [5.74, 6) is 0. The molecule has 0 amide bonds. The largest absolute Gasteiger partial charge is 0.401 e. The van der Waals surface area contributed by atoms with Crippen LogP contribution in [0.15, 0.2) is 24.3 Å². The summed E-state index contributed by atoms with van der Waals surface area (Å²) in [5, 5.41) is 3.03. The first-order valence-corrected chi connectivity index (χ1v) is 6.35. The smallest absolute Gasteiger partial charge is 0.316 e. The van der Waals surface area contributed by atoms with Crippen LogP contribution in [0.4, 0.5) is 13.2 Å². The van der Waals surface area contributed by atoms with Crippen LogP contribution in [0.1, 0.15) is 25.0 Å². The maximum Gasteiger partial charge on any atom is 0.401 e. The van der Waals surface area contributed by atoms with Crippen LogP contribution in [-0.2, 0) is 13.1 Å². The molecular formula is C14H21F3N2. The van der Waals surface area contributed by atoms with E-state index in [9.17, 15) is 13.2 Å². The molecule has 1 aromatic rings. The zero-order valence-corrected chi connectivity index (χ0v) is 11.6. The minimum absolute atomic E-state index is 0.140. The standard InChI is InChI=1S/C14H21F3N2/c1-11(2)19(10-14(15,16)17)9-13-6-4-12(5-7-13)8-18-3/h4-7,11,18H,8-10H2,1-3H3. The molecule has 0 spiro atoms. The summed E-state index contributed by atoms with van der Waals surface area (Å²) >= 11 is 0. The number of nitrogens with one attached hydrogen (secondary N) is 1. The Labute approximate surface area is 112 Å². The molecule has 1 rings (SSSR count). The summed E-state index contributed by atoms with van der Waals surface area (Å²) in [7, 11) is 1.86. The Bertz CT molecular complexity index is 371. The van der Waals surface area contributed by atoms with Gasteiger partial charge in [0.2, 0.25) is 0 Å². The molecule has 0 bridgehead atoms. The predicted octanol–water partition coefficient (Wildman–Crippen LogP) is 3.18. The fraction of sp³-hybridized carbons (Fsp3) is 0.571. The van der Waals surface area contributed by atoms with Crippen LogP contribution in [0.2, 0.25) is 0 Å². The molecule has 0 aromatic heterocycles. The summed E-state index contributed by atoms with van der Waals surface area (Å²) in [5.41, 5.74) is 2.02. The number of halogens is 3. The zero-order valence-electron chi connectivity index (χ0n) is 11.6. The van der Waals surface area contributed by atoms with E-state index in [0.29, 0.717) is 6.54 Å². The zero-order chi connectivity index (χ0) is 14.5. The predicted molar refractivity (Wildman–Crippen MR) is 70.8 cm³/mol. The van der Waals surface area contributed by atoms with E-state index in [1.54, 1.807) is 13.8 Å². The maximum absolute atomic E-state index is 12.5. The molecule has 5 heteroatoms.